The van der Waals surface area contributed by atoms with Gasteiger partial charge in [0.05, 0.1) is 0 Å². The highest BCUT2D eigenvalue weighted by molar-refractivity contribution is 5.75. The maximum absolute atomic E-state index is 11.6. The molecule has 0 unspecified atom stereocenters. The Morgan fingerprint density at radius 2 is 2.29 bits per heavy atom. The topological polar surface area (TPSA) is 49.9 Å². The first-order chi connectivity index (χ1) is 3.18. The first-order valence-corrected chi connectivity index (χ1v) is 1.81. The van der Waals surface area contributed by atoms with Crippen LogP contribution in [0.2, 0.25) is 0 Å². The summed E-state index contributed by atoms with van der Waals surface area (Å²) < 4.78 is 11.6. The molecule has 3 N–H and O–H groups in total. The van der Waals surface area contributed by atoms with Crippen LogP contribution in [-0.2, 0) is 0 Å². The second-order valence-corrected chi connectivity index (χ2v) is 1.18. The van der Waals surface area contributed by atoms with Gasteiger partial charge in [0.25, 0.3) is 0 Å². The summed E-state index contributed by atoms with van der Waals surface area (Å²) in [5.41, 5.74) is 4.77. The van der Waals surface area contributed by atoms with Gasteiger partial charge in [-0.05, 0) is 6.92 Å². The number of nitrogens with one attached hydrogen (secondary N) is 1. The van der Waals surface area contributed by atoms with Crippen LogP contribution in [0.25, 0.3) is 0 Å². The molecule has 0 aliphatic rings. The fourth-order valence-corrected chi connectivity index (χ4v) is 0.0689. The third kappa shape index (κ3) is 1.92. The zero-order valence-electron chi connectivity index (χ0n) is 4.03. The highest BCUT2D eigenvalue weighted by Crippen LogP contribution is 1.92. The summed E-state index contributed by atoms with van der Waals surface area (Å²) in [4.78, 5) is 0. The van der Waals surface area contributed by atoms with Gasteiger partial charge in [-0.2, -0.15) is 4.39 Å². The van der Waals surface area contributed by atoms with E-state index >= 15 is 0 Å². The van der Waals surface area contributed by atoms with E-state index in [4.69, 9.17) is 5.41 Å². The molecule has 3 heteroatoms. The van der Waals surface area contributed by atoms with Crippen molar-refractivity contribution < 1.29 is 4.39 Å². The normalized spacial score (nSPS) is 12.9. The third-order valence-electron chi connectivity index (χ3n) is 0.593. The van der Waals surface area contributed by atoms with Gasteiger partial charge in [-0.3, -0.25) is 0 Å². The Morgan fingerprint density at radius 3 is 2.29 bits per heavy atom. The van der Waals surface area contributed by atoms with Crippen LogP contribution >= 0.6 is 0 Å². The lowest BCUT2D eigenvalue weighted by molar-refractivity contribution is 0.620. The number of rotatable bonds is 1. The first kappa shape index (κ1) is 6.14. The molecule has 0 saturated heterocycles. The summed E-state index contributed by atoms with van der Waals surface area (Å²) in [6.45, 7) is 1.43. The van der Waals surface area contributed by atoms with Crippen LogP contribution < -0.4 is 5.73 Å². The molecule has 7 heavy (non-hydrogen) atoms. The van der Waals surface area contributed by atoms with Crippen molar-refractivity contribution in [3.05, 3.63) is 11.5 Å². The molecule has 2 nitrogen and oxygen atoms in total. The van der Waals surface area contributed by atoms with Gasteiger partial charge >= 0.3 is 0 Å². The van der Waals surface area contributed by atoms with Crippen LogP contribution in [0.5, 0.6) is 0 Å². The van der Waals surface area contributed by atoms with Gasteiger partial charge in [0.15, 0.2) is 5.95 Å². The van der Waals surface area contributed by atoms with Gasteiger partial charge in [-0.25, -0.2) is 0 Å². The van der Waals surface area contributed by atoms with Gasteiger partial charge in [-0.15, -0.1) is 0 Å². The molecule has 0 fully saturated rings. The lowest BCUT2D eigenvalue weighted by Crippen LogP contribution is -1.93. The van der Waals surface area contributed by atoms with Crippen molar-refractivity contribution in [1.29, 1.82) is 5.41 Å². The van der Waals surface area contributed by atoms with Crippen LogP contribution in [0, 0.1) is 5.41 Å². The fraction of sp³-hybridized carbons (Fsp3) is 0.250. The molecular weight excluding hydrogens is 95.1 g/mol. The summed E-state index contributed by atoms with van der Waals surface area (Å²) in [5, 5.41) is 6.44. The highest BCUT2D eigenvalue weighted by Gasteiger charge is 1.86. The van der Waals surface area contributed by atoms with Gasteiger partial charge in [0, 0.05) is 11.8 Å². The molecule has 0 aliphatic carbocycles. The first-order valence-electron chi connectivity index (χ1n) is 1.81. The maximum Gasteiger partial charge on any atom is 0.188 e. The van der Waals surface area contributed by atoms with Crippen molar-refractivity contribution in [1.82, 2.24) is 0 Å². The standard InChI is InChI=1S/C4H7FN2/c1-3(2-6)4(5)7/h2,6H,7H2,1H3/b4-3-,6-2?. The molecule has 0 aliphatic heterocycles. The van der Waals surface area contributed by atoms with E-state index in [2.05, 4.69) is 5.73 Å². The van der Waals surface area contributed by atoms with Crippen molar-refractivity contribution in [2.45, 2.75) is 6.92 Å². The Bertz CT molecular complexity index is 102. The van der Waals surface area contributed by atoms with E-state index in [1.165, 1.54) is 6.92 Å². The molecular formula is C4H7FN2. The zero-order valence-corrected chi connectivity index (χ0v) is 4.03. The SMILES string of the molecule is C/C(C=N)=C(/N)F. The molecule has 0 amide bonds. The maximum atomic E-state index is 11.6. The highest BCUT2D eigenvalue weighted by atomic mass is 19.1. The summed E-state index contributed by atoms with van der Waals surface area (Å²) in [6.07, 6.45) is 0.870. The summed E-state index contributed by atoms with van der Waals surface area (Å²) >= 11 is 0. The Morgan fingerprint density at radius 1 is 1.86 bits per heavy atom. The summed E-state index contributed by atoms with van der Waals surface area (Å²) in [5.74, 6) is -0.782. The minimum absolute atomic E-state index is 0.167. The van der Waals surface area contributed by atoms with Crippen LogP contribution in [0.15, 0.2) is 11.5 Å². The Kier molecular flexibility index (Phi) is 2.05. The predicted molar refractivity (Wildman–Crippen MR) is 26.8 cm³/mol. The van der Waals surface area contributed by atoms with Crippen LogP contribution in [-0.4, -0.2) is 6.21 Å². The minimum atomic E-state index is -0.782. The third-order valence-corrected chi connectivity index (χ3v) is 0.593. The lowest BCUT2D eigenvalue weighted by Gasteiger charge is -1.84. The Labute approximate surface area is 41.3 Å². The predicted octanol–water partition coefficient (Wildman–Crippen LogP) is 0.796. The van der Waals surface area contributed by atoms with Crippen molar-refractivity contribution in [3.8, 4) is 0 Å². The van der Waals surface area contributed by atoms with Gasteiger partial charge < -0.3 is 11.1 Å². The molecule has 40 valence electrons. The summed E-state index contributed by atoms with van der Waals surface area (Å²) in [7, 11) is 0. The van der Waals surface area contributed by atoms with E-state index in [1.54, 1.807) is 0 Å². The molecule has 0 aromatic rings. The molecule has 0 bridgehead atoms. The van der Waals surface area contributed by atoms with E-state index in [0.29, 0.717) is 0 Å². The van der Waals surface area contributed by atoms with E-state index in [0.717, 1.165) is 6.21 Å². The van der Waals surface area contributed by atoms with Crippen molar-refractivity contribution in [2.75, 3.05) is 0 Å². The Balaban J connectivity index is 3.98. The van der Waals surface area contributed by atoms with Gasteiger partial charge in [0.2, 0.25) is 0 Å². The smallest absolute Gasteiger partial charge is 0.188 e. The largest absolute Gasteiger partial charge is 0.375 e. The molecule has 0 rings (SSSR count). The number of nitrogens with two attached hydrogens (primary N) is 1. The van der Waals surface area contributed by atoms with Crippen molar-refractivity contribution in [3.63, 3.8) is 0 Å². The molecule has 0 saturated carbocycles. The average Bonchev–Trinajstić information content (AvgIpc) is 1.65. The van der Waals surface area contributed by atoms with Crippen LogP contribution in [0.3, 0.4) is 0 Å². The molecule has 0 heterocycles. The van der Waals surface area contributed by atoms with Crippen molar-refractivity contribution in [2.24, 2.45) is 5.73 Å². The molecule has 0 aromatic heterocycles. The van der Waals surface area contributed by atoms with E-state index in [1.807, 2.05) is 0 Å². The van der Waals surface area contributed by atoms with Crippen LogP contribution in [0.4, 0.5) is 4.39 Å². The van der Waals surface area contributed by atoms with Gasteiger partial charge in [0.1, 0.15) is 0 Å². The molecule has 0 spiro atoms. The van der Waals surface area contributed by atoms with E-state index in [-0.39, 0.29) is 5.57 Å². The van der Waals surface area contributed by atoms with E-state index < -0.39 is 5.95 Å². The van der Waals surface area contributed by atoms with E-state index in [9.17, 15) is 4.39 Å². The number of halogens is 1. The monoisotopic (exact) mass is 102 g/mol. The number of hydrogen-bond donors (Lipinski definition) is 2. The second kappa shape index (κ2) is 2.34. The number of allylic oxidation sites excluding steroid dienone is 1. The fourth-order valence-electron chi connectivity index (χ4n) is 0.0689. The Hall–Kier alpha value is -0.860. The lowest BCUT2D eigenvalue weighted by atomic mass is 10.4. The zero-order chi connectivity index (χ0) is 5.86. The minimum Gasteiger partial charge on any atom is -0.375 e. The van der Waals surface area contributed by atoms with Crippen LogP contribution in [0.1, 0.15) is 6.92 Å². The second-order valence-electron chi connectivity index (χ2n) is 1.18. The van der Waals surface area contributed by atoms with Gasteiger partial charge in [-0.1, -0.05) is 0 Å². The summed E-state index contributed by atoms with van der Waals surface area (Å²) in [6, 6.07) is 0. The molecule has 0 radical (unpaired) electrons. The average molecular weight is 102 g/mol. The molecule has 0 aromatic carbocycles. The van der Waals surface area contributed by atoms with Crippen molar-refractivity contribution >= 4 is 6.21 Å². The quantitative estimate of drug-likeness (QED) is 0.373. The number of hydrogen-bond acceptors (Lipinski definition) is 2. The molecule has 0 atom stereocenters.